The van der Waals surface area contributed by atoms with Crippen LogP contribution in [0.5, 0.6) is 0 Å². The molecule has 0 bridgehead atoms. The van der Waals surface area contributed by atoms with Crippen LogP contribution >= 0.6 is 23.8 Å². The molecule has 0 spiro atoms. The molecule has 0 aliphatic rings. The maximum Gasteiger partial charge on any atom is 0.184 e. The Morgan fingerprint density at radius 3 is 2.74 bits per heavy atom. The highest BCUT2D eigenvalue weighted by Crippen LogP contribution is 2.25. The zero-order valence-electron chi connectivity index (χ0n) is 10.0. The number of thiocarbonyl (C=S) groups is 1. The second kappa shape index (κ2) is 6.31. The number of nitrogens with zero attached hydrogens (tertiary/aromatic N) is 1. The number of halogens is 1. The maximum absolute atomic E-state index is 6.01. The Morgan fingerprint density at radius 1 is 1.21 bits per heavy atom. The molecule has 2 rings (SSSR count). The van der Waals surface area contributed by atoms with Gasteiger partial charge >= 0.3 is 0 Å². The van der Waals surface area contributed by atoms with Gasteiger partial charge in [0.05, 0.1) is 6.21 Å². The molecule has 2 aromatic rings. The van der Waals surface area contributed by atoms with Gasteiger partial charge in [-0.1, -0.05) is 48.0 Å². The summed E-state index contributed by atoms with van der Waals surface area (Å²) >= 11 is 10.7. The van der Waals surface area contributed by atoms with Crippen LogP contribution in [0.2, 0.25) is 5.02 Å². The van der Waals surface area contributed by atoms with Crippen molar-refractivity contribution in [2.24, 2.45) is 10.8 Å². The van der Waals surface area contributed by atoms with E-state index in [0.717, 1.165) is 16.7 Å². The summed E-state index contributed by atoms with van der Waals surface area (Å²) in [6.07, 6.45) is 1.68. The molecule has 0 unspecified atom stereocenters. The quantitative estimate of drug-likeness (QED) is 0.518. The Kier molecular flexibility index (Phi) is 4.49. The average Bonchev–Trinajstić information content (AvgIpc) is 2.39. The van der Waals surface area contributed by atoms with E-state index in [2.05, 4.69) is 22.7 Å². The van der Waals surface area contributed by atoms with Gasteiger partial charge in [-0.3, -0.25) is 5.43 Å². The first-order valence-corrected chi connectivity index (χ1v) is 6.39. The molecule has 3 nitrogen and oxygen atoms in total. The van der Waals surface area contributed by atoms with Gasteiger partial charge in [0.15, 0.2) is 5.11 Å². The molecule has 0 amide bonds. The first kappa shape index (κ1) is 13.5. The zero-order valence-corrected chi connectivity index (χ0v) is 11.6. The molecule has 96 valence electrons. The lowest BCUT2D eigenvalue weighted by Crippen LogP contribution is -2.24. The fourth-order valence-electron chi connectivity index (χ4n) is 1.69. The molecule has 5 heteroatoms. The Balaban J connectivity index is 2.36. The van der Waals surface area contributed by atoms with Crippen molar-refractivity contribution in [2.45, 2.75) is 0 Å². The van der Waals surface area contributed by atoms with Crippen molar-refractivity contribution in [3.63, 3.8) is 0 Å². The molecule has 0 aliphatic carbocycles. The van der Waals surface area contributed by atoms with Crippen LogP contribution in [-0.4, -0.2) is 11.3 Å². The summed E-state index contributed by atoms with van der Waals surface area (Å²) in [5.74, 6) is 0. The van der Waals surface area contributed by atoms with Gasteiger partial charge in [-0.25, -0.2) is 0 Å². The number of benzene rings is 2. The standard InChI is InChI=1S/C14H12ClN3S/c15-12-6-3-5-10(8-12)13-7-2-1-4-11(13)9-17-18-14(16)19/h1-9H,(H3,16,18,19). The Bertz CT molecular complexity index is 626. The molecule has 0 atom stereocenters. The van der Waals surface area contributed by atoms with Crippen LogP contribution in [0.15, 0.2) is 53.6 Å². The summed E-state index contributed by atoms with van der Waals surface area (Å²) in [6, 6.07) is 15.5. The molecule has 3 N–H and O–H groups in total. The maximum atomic E-state index is 6.01. The summed E-state index contributed by atoms with van der Waals surface area (Å²) < 4.78 is 0. The monoisotopic (exact) mass is 289 g/mol. The second-order valence-corrected chi connectivity index (χ2v) is 4.71. The smallest absolute Gasteiger partial charge is 0.184 e. The highest BCUT2D eigenvalue weighted by atomic mass is 35.5. The van der Waals surface area contributed by atoms with E-state index in [1.54, 1.807) is 6.21 Å². The number of hydrogen-bond acceptors (Lipinski definition) is 2. The van der Waals surface area contributed by atoms with Crippen LogP contribution in [0.3, 0.4) is 0 Å². The van der Waals surface area contributed by atoms with Crippen molar-refractivity contribution >= 4 is 35.1 Å². The predicted octanol–water partition coefficient (Wildman–Crippen LogP) is 3.17. The molecule has 0 heterocycles. The van der Waals surface area contributed by atoms with E-state index in [9.17, 15) is 0 Å². The molecular formula is C14H12ClN3S. The summed E-state index contributed by atoms with van der Waals surface area (Å²) in [6.45, 7) is 0. The lowest BCUT2D eigenvalue weighted by atomic mass is 10.0. The summed E-state index contributed by atoms with van der Waals surface area (Å²) in [5.41, 5.74) is 10.9. The van der Waals surface area contributed by atoms with Crippen molar-refractivity contribution < 1.29 is 0 Å². The molecule has 2 aromatic carbocycles. The first-order chi connectivity index (χ1) is 9.16. The van der Waals surface area contributed by atoms with Crippen LogP contribution in [0.1, 0.15) is 5.56 Å². The second-order valence-electron chi connectivity index (χ2n) is 3.83. The van der Waals surface area contributed by atoms with Crippen LogP contribution < -0.4 is 11.2 Å². The first-order valence-electron chi connectivity index (χ1n) is 5.60. The Labute approximate surface area is 122 Å². The number of rotatable bonds is 3. The van der Waals surface area contributed by atoms with Gasteiger partial charge in [-0.15, -0.1) is 0 Å². The van der Waals surface area contributed by atoms with Crippen molar-refractivity contribution in [2.75, 3.05) is 0 Å². The molecule has 19 heavy (non-hydrogen) atoms. The molecule has 0 aromatic heterocycles. The van der Waals surface area contributed by atoms with Crippen LogP contribution in [0.4, 0.5) is 0 Å². The third-order valence-electron chi connectivity index (χ3n) is 2.47. The highest BCUT2D eigenvalue weighted by Gasteiger charge is 2.03. The van der Waals surface area contributed by atoms with Gasteiger partial charge in [0.2, 0.25) is 0 Å². The minimum absolute atomic E-state index is 0.136. The van der Waals surface area contributed by atoms with Gasteiger partial charge in [0.25, 0.3) is 0 Å². The van der Waals surface area contributed by atoms with Gasteiger partial charge in [0.1, 0.15) is 0 Å². The fourth-order valence-corrected chi connectivity index (χ4v) is 1.94. The Hall–Kier alpha value is -1.91. The molecule has 0 fully saturated rings. The van der Waals surface area contributed by atoms with E-state index >= 15 is 0 Å². The molecular weight excluding hydrogens is 278 g/mol. The molecule has 0 saturated carbocycles. The summed E-state index contributed by atoms with van der Waals surface area (Å²) in [5, 5.41) is 4.81. The van der Waals surface area contributed by atoms with Crippen LogP contribution in [-0.2, 0) is 0 Å². The molecule has 0 radical (unpaired) electrons. The summed E-state index contributed by atoms with van der Waals surface area (Å²) in [7, 11) is 0. The van der Waals surface area contributed by atoms with Crippen molar-refractivity contribution in [1.82, 2.24) is 5.43 Å². The van der Waals surface area contributed by atoms with E-state index in [4.69, 9.17) is 17.3 Å². The van der Waals surface area contributed by atoms with Gasteiger partial charge in [-0.2, -0.15) is 5.10 Å². The highest BCUT2D eigenvalue weighted by molar-refractivity contribution is 7.80. The van der Waals surface area contributed by atoms with Crippen LogP contribution in [0.25, 0.3) is 11.1 Å². The molecule has 0 saturated heterocycles. The third-order valence-corrected chi connectivity index (χ3v) is 2.80. The third kappa shape index (κ3) is 3.77. The number of hydrazone groups is 1. The van der Waals surface area contributed by atoms with Gasteiger partial charge in [0, 0.05) is 10.6 Å². The predicted molar refractivity (Wildman–Crippen MR) is 84.4 cm³/mol. The molecule has 0 aliphatic heterocycles. The Morgan fingerprint density at radius 2 is 2.00 bits per heavy atom. The van der Waals surface area contributed by atoms with Gasteiger partial charge < -0.3 is 5.73 Å². The lowest BCUT2D eigenvalue weighted by Gasteiger charge is -2.06. The lowest BCUT2D eigenvalue weighted by molar-refractivity contribution is 1.04. The average molecular weight is 290 g/mol. The topological polar surface area (TPSA) is 50.4 Å². The van der Waals surface area contributed by atoms with Crippen molar-refractivity contribution in [3.05, 3.63) is 59.1 Å². The number of hydrogen-bond donors (Lipinski definition) is 2. The van der Waals surface area contributed by atoms with E-state index in [1.807, 2.05) is 48.5 Å². The number of nitrogens with two attached hydrogens (primary N) is 1. The van der Waals surface area contributed by atoms with E-state index < -0.39 is 0 Å². The normalized spacial score (nSPS) is 10.6. The minimum Gasteiger partial charge on any atom is -0.375 e. The fraction of sp³-hybridized carbons (Fsp3) is 0. The van der Waals surface area contributed by atoms with Gasteiger partial charge in [-0.05, 0) is 35.5 Å². The summed E-state index contributed by atoms with van der Waals surface area (Å²) in [4.78, 5) is 0. The van der Waals surface area contributed by atoms with Crippen molar-refractivity contribution in [3.8, 4) is 11.1 Å². The van der Waals surface area contributed by atoms with Crippen molar-refractivity contribution in [1.29, 1.82) is 0 Å². The minimum atomic E-state index is 0.136. The SMILES string of the molecule is NC(=S)NN=Cc1ccccc1-c1cccc(Cl)c1. The van der Waals surface area contributed by atoms with E-state index in [1.165, 1.54) is 0 Å². The van der Waals surface area contributed by atoms with E-state index in [-0.39, 0.29) is 5.11 Å². The van der Waals surface area contributed by atoms with E-state index in [0.29, 0.717) is 5.02 Å². The largest absolute Gasteiger partial charge is 0.375 e. The number of nitrogens with one attached hydrogen (secondary N) is 1. The zero-order chi connectivity index (χ0) is 13.7. The van der Waals surface area contributed by atoms with Crippen LogP contribution in [0, 0.1) is 0 Å².